The van der Waals surface area contributed by atoms with Crippen LogP contribution in [0.15, 0.2) is 90.8 Å². The van der Waals surface area contributed by atoms with Crippen molar-refractivity contribution in [3.8, 4) is 22.8 Å². The van der Waals surface area contributed by atoms with Gasteiger partial charge in [0.15, 0.2) is 5.78 Å². The van der Waals surface area contributed by atoms with Crippen molar-refractivity contribution in [2.75, 3.05) is 0 Å². The molecule has 4 nitrogen and oxygen atoms in total. The van der Waals surface area contributed by atoms with Crippen LogP contribution < -0.4 is 4.74 Å². The first-order valence-electron chi connectivity index (χ1n) is 13.5. The monoisotopic (exact) mass is 715 g/mol. The number of hydrogen-bond acceptors (Lipinski definition) is 4. The van der Waals surface area contributed by atoms with Gasteiger partial charge in [0.1, 0.15) is 5.76 Å². The van der Waals surface area contributed by atoms with Crippen molar-refractivity contribution in [1.29, 1.82) is 0 Å². The van der Waals surface area contributed by atoms with Gasteiger partial charge in [-0.1, -0.05) is 77.9 Å². The molecule has 5 heteroatoms. The molecule has 1 radical (unpaired) electrons. The minimum Gasteiger partial charge on any atom is -0.512 e. The maximum Gasteiger partial charge on any atom is 0.217 e. The molecule has 0 amide bonds. The molecule has 1 heterocycles. The summed E-state index contributed by atoms with van der Waals surface area (Å²) in [6.45, 7) is 13.8. The van der Waals surface area contributed by atoms with Gasteiger partial charge in [-0.05, 0) is 47.9 Å². The number of aromatic nitrogens is 1. The molecule has 4 rings (SSSR count). The third kappa shape index (κ3) is 8.61. The molecule has 0 fully saturated rings. The predicted molar refractivity (Wildman–Crippen MR) is 161 cm³/mol. The van der Waals surface area contributed by atoms with E-state index >= 15 is 0 Å². The number of ketones is 1. The smallest absolute Gasteiger partial charge is 0.217 e. The van der Waals surface area contributed by atoms with Crippen LogP contribution in [0.4, 0.5) is 0 Å². The Morgan fingerprint density at radius 3 is 2.17 bits per heavy atom. The summed E-state index contributed by atoms with van der Waals surface area (Å²) in [4.78, 5) is 16.3. The van der Waals surface area contributed by atoms with Crippen molar-refractivity contribution in [3.63, 3.8) is 0 Å². The quantitative estimate of drug-likeness (QED) is 0.112. The number of allylic oxidation sites excluding steroid dienone is 2. The topological polar surface area (TPSA) is 59.4 Å². The van der Waals surface area contributed by atoms with E-state index in [9.17, 15) is 9.90 Å². The Morgan fingerprint density at radius 2 is 1.57 bits per heavy atom. The second-order valence-corrected chi connectivity index (χ2v) is 11.1. The maximum atomic E-state index is 11.8. The van der Waals surface area contributed by atoms with Gasteiger partial charge in [-0.25, -0.2) is 4.98 Å². The van der Waals surface area contributed by atoms with E-state index in [0.717, 1.165) is 23.6 Å². The van der Waals surface area contributed by atoms with Gasteiger partial charge < -0.3 is 9.84 Å². The number of aliphatic hydroxyl groups excluding tert-OH is 1. The number of ether oxygens (including phenoxy) is 1. The van der Waals surface area contributed by atoms with E-state index in [0.29, 0.717) is 11.6 Å². The molecule has 0 spiro atoms. The molecule has 1 N–H and O–H groups in total. The van der Waals surface area contributed by atoms with E-state index in [-0.39, 0.29) is 42.5 Å². The number of nitrogens with zero attached hydrogens (tertiary/aromatic N) is 1. The van der Waals surface area contributed by atoms with Gasteiger partial charge in [0.2, 0.25) is 5.88 Å². The Bertz CT molecular complexity index is 1430. The molecular weight excluding hydrogens is 675 g/mol. The Labute approximate surface area is 252 Å². The third-order valence-electron chi connectivity index (χ3n) is 7.42. The Kier molecular flexibility index (Phi) is 11.8. The zero-order chi connectivity index (χ0) is 28.6. The van der Waals surface area contributed by atoms with E-state index < -0.39 is 0 Å². The number of rotatable bonds is 8. The van der Waals surface area contributed by atoms with Gasteiger partial charge in [-0.3, -0.25) is 4.79 Å². The summed E-state index contributed by atoms with van der Waals surface area (Å²) in [6.07, 6.45) is 4.85. The largest absolute Gasteiger partial charge is 0.512 e. The summed E-state index contributed by atoms with van der Waals surface area (Å²) in [5.74, 6) is 1.44. The molecule has 0 saturated heterocycles. The number of hydrogen-bond donors (Lipinski definition) is 1. The number of benzene rings is 3. The van der Waals surface area contributed by atoms with Gasteiger partial charge in [0.05, 0.1) is 0 Å². The minimum absolute atomic E-state index is 0. The van der Waals surface area contributed by atoms with Gasteiger partial charge in [-0.2, -0.15) is 18.2 Å². The summed E-state index contributed by atoms with van der Waals surface area (Å²) in [7, 11) is 0. The van der Waals surface area contributed by atoms with Crippen molar-refractivity contribution in [2.45, 2.75) is 61.3 Å². The molecule has 0 aliphatic carbocycles. The molecule has 0 unspecified atom stereocenters. The maximum absolute atomic E-state index is 11.8. The number of aliphatic hydroxyl groups is 1. The van der Waals surface area contributed by atoms with Crippen LogP contribution >= 0.6 is 0 Å². The fraction of sp³-hybridized carbons (Fsp3) is 0.314. The zero-order valence-electron chi connectivity index (χ0n) is 24.5. The van der Waals surface area contributed by atoms with Crippen LogP contribution in [0, 0.1) is 23.8 Å². The minimum atomic E-state index is -0.377. The van der Waals surface area contributed by atoms with Crippen LogP contribution in [0.25, 0.3) is 21.9 Å². The summed E-state index contributed by atoms with van der Waals surface area (Å²) in [5, 5.41) is 12.1. The Balaban J connectivity index is 0.000000307. The first-order valence-corrected chi connectivity index (χ1v) is 13.5. The molecule has 0 aliphatic heterocycles. The van der Waals surface area contributed by atoms with Crippen LogP contribution in [-0.2, 0) is 24.9 Å². The molecule has 40 heavy (non-hydrogen) atoms. The number of carbonyl (C=O) groups is 1. The molecule has 0 bridgehead atoms. The summed E-state index contributed by atoms with van der Waals surface area (Å²) < 4.78 is 5.77. The number of pyridine rings is 1. The molecule has 0 saturated carbocycles. The first kappa shape index (κ1) is 32.9. The number of fused-ring (bicyclic) bond motifs is 1. The number of para-hydroxylation sites is 1. The predicted octanol–water partition coefficient (Wildman–Crippen LogP) is 9.67. The van der Waals surface area contributed by atoms with Crippen molar-refractivity contribution >= 4 is 16.6 Å². The first-order chi connectivity index (χ1) is 18.5. The van der Waals surface area contributed by atoms with Crippen molar-refractivity contribution in [2.24, 2.45) is 10.8 Å². The van der Waals surface area contributed by atoms with Crippen LogP contribution in [0.1, 0.15) is 59.9 Å². The van der Waals surface area contributed by atoms with Crippen LogP contribution in [0.3, 0.4) is 0 Å². The summed E-state index contributed by atoms with van der Waals surface area (Å²) in [5.41, 5.74) is 3.00. The fourth-order valence-electron chi connectivity index (χ4n) is 3.70. The molecule has 4 aromatic rings. The molecule has 3 aromatic carbocycles. The van der Waals surface area contributed by atoms with Crippen LogP contribution in [-0.4, -0.2) is 15.9 Å². The summed E-state index contributed by atoms with van der Waals surface area (Å²) in [6, 6.07) is 27.3. The van der Waals surface area contributed by atoms with Crippen molar-refractivity contribution < 1.29 is 34.7 Å². The molecular formula is C35H40IrNO3-. The van der Waals surface area contributed by atoms with Crippen molar-refractivity contribution in [1.82, 2.24) is 4.98 Å². The number of aryl methyl sites for hydroxylation is 1. The van der Waals surface area contributed by atoms with E-state index in [2.05, 4.69) is 54.4 Å². The molecule has 0 aliphatic rings. The van der Waals surface area contributed by atoms with Crippen molar-refractivity contribution in [3.05, 3.63) is 102 Å². The normalized spacial score (nSPS) is 11.7. The second-order valence-electron chi connectivity index (χ2n) is 11.1. The van der Waals surface area contributed by atoms with E-state index in [1.807, 2.05) is 84.1 Å². The Hall–Kier alpha value is -3.27. The SMILES string of the molecule is CCC(C)(C)C(=O)/C=C(\O)C(C)(C)CC.Cc1cc2cc(Oc3[c-]cccc3)ncc2cc1-c1ccccc1.[Ir]. The standard InChI is InChI=1S/C22H16NO.C13H24O2.Ir/c1-16-12-18-14-22(24-20-10-6-3-7-11-20)23-15-19(18)13-21(16)17-8-4-2-5-9-17;1-7-12(3,4)10(14)9-11(15)13(5,6)8-2;/h2-10,12-15H,1H3;9,14H,7-8H2,1-6H3;/q-1;;/b;10-9-;. The van der Waals surface area contributed by atoms with E-state index in [1.54, 1.807) is 0 Å². The fourth-order valence-corrected chi connectivity index (χ4v) is 3.70. The number of carbonyl (C=O) groups excluding carboxylic acids is 1. The van der Waals surface area contributed by atoms with Gasteiger partial charge in [0.25, 0.3) is 0 Å². The average molecular weight is 715 g/mol. The zero-order valence-corrected chi connectivity index (χ0v) is 26.9. The van der Waals surface area contributed by atoms with Gasteiger partial charge in [0, 0.05) is 60.4 Å². The van der Waals surface area contributed by atoms with E-state index in [4.69, 9.17) is 4.74 Å². The Morgan fingerprint density at radius 1 is 0.925 bits per heavy atom. The van der Waals surface area contributed by atoms with Crippen LogP contribution in [0.2, 0.25) is 0 Å². The third-order valence-corrected chi connectivity index (χ3v) is 7.42. The van der Waals surface area contributed by atoms with Crippen LogP contribution in [0.5, 0.6) is 11.6 Å². The van der Waals surface area contributed by atoms with Gasteiger partial charge in [-0.15, -0.1) is 12.1 Å². The van der Waals surface area contributed by atoms with Gasteiger partial charge >= 0.3 is 0 Å². The molecule has 0 atom stereocenters. The van der Waals surface area contributed by atoms with E-state index in [1.165, 1.54) is 22.8 Å². The summed E-state index contributed by atoms with van der Waals surface area (Å²) >= 11 is 0. The molecule has 213 valence electrons. The molecule has 1 aromatic heterocycles. The average Bonchev–Trinajstić information content (AvgIpc) is 2.94. The second kappa shape index (κ2) is 14.4.